The Morgan fingerprint density at radius 3 is 2.80 bits per heavy atom. The van der Waals surface area contributed by atoms with E-state index in [4.69, 9.17) is 19.4 Å². The van der Waals surface area contributed by atoms with Gasteiger partial charge >= 0.3 is 0 Å². The van der Waals surface area contributed by atoms with Gasteiger partial charge in [0.15, 0.2) is 0 Å². The number of anilines is 2. The van der Waals surface area contributed by atoms with Gasteiger partial charge in [-0.15, -0.1) is 0 Å². The Kier molecular flexibility index (Phi) is 5.30. The highest BCUT2D eigenvalue weighted by molar-refractivity contribution is 5.40. The Morgan fingerprint density at radius 2 is 1.97 bits per heavy atom. The molecule has 2 fully saturated rings. The molecule has 8 nitrogen and oxygen atoms in total. The van der Waals surface area contributed by atoms with Crippen molar-refractivity contribution in [3.05, 3.63) is 41.3 Å². The second-order valence-electron chi connectivity index (χ2n) is 8.76. The summed E-state index contributed by atoms with van der Waals surface area (Å²) in [4.78, 5) is 21.1. The van der Waals surface area contributed by atoms with Crippen molar-refractivity contribution < 1.29 is 9.47 Å². The van der Waals surface area contributed by atoms with Crippen LogP contribution in [-0.2, 0) is 28.0 Å². The molecule has 160 valence electrons. The van der Waals surface area contributed by atoms with Crippen molar-refractivity contribution in [1.29, 1.82) is 0 Å². The maximum Gasteiger partial charge on any atom is 0.225 e. The molecule has 1 atom stereocenters. The van der Waals surface area contributed by atoms with Crippen molar-refractivity contribution in [1.82, 2.24) is 19.9 Å². The first-order valence-corrected chi connectivity index (χ1v) is 10.8. The maximum atomic E-state index is 5.98. The molecule has 3 aliphatic heterocycles. The van der Waals surface area contributed by atoms with Gasteiger partial charge in [-0.25, -0.2) is 15.0 Å². The van der Waals surface area contributed by atoms with Crippen molar-refractivity contribution in [2.24, 2.45) is 0 Å². The van der Waals surface area contributed by atoms with Gasteiger partial charge in [0.25, 0.3) is 0 Å². The highest BCUT2D eigenvalue weighted by Crippen LogP contribution is 2.39. The molecule has 0 aliphatic carbocycles. The number of hydrogen-bond donors (Lipinski definition) is 0. The number of hydrogen-bond acceptors (Lipinski definition) is 8. The quantitative estimate of drug-likeness (QED) is 0.750. The van der Waals surface area contributed by atoms with E-state index in [-0.39, 0.29) is 5.41 Å². The number of pyridine rings is 1. The van der Waals surface area contributed by atoms with Crippen molar-refractivity contribution >= 4 is 11.8 Å². The lowest BCUT2D eigenvalue weighted by molar-refractivity contribution is 0.0502. The van der Waals surface area contributed by atoms with E-state index in [2.05, 4.69) is 33.0 Å². The van der Waals surface area contributed by atoms with Gasteiger partial charge in [0.2, 0.25) is 5.95 Å². The van der Waals surface area contributed by atoms with E-state index in [0.29, 0.717) is 6.61 Å². The zero-order valence-corrected chi connectivity index (χ0v) is 17.9. The number of likely N-dealkylation sites (tertiary alicyclic amines) is 1. The summed E-state index contributed by atoms with van der Waals surface area (Å²) < 4.78 is 11.4. The molecule has 1 spiro atoms. The lowest BCUT2D eigenvalue weighted by atomic mass is 9.80. The van der Waals surface area contributed by atoms with Crippen LogP contribution >= 0.6 is 0 Å². The third-order valence-corrected chi connectivity index (χ3v) is 6.34. The van der Waals surface area contributed by atoms with Crippen LogP contribution in [0.15, 0.2) is 24.4 Å². The summed E-state index contributed by atoms with van der Waals surface area (Å²) in [7, 11) is 3.98. The van der Waals surface area contributed by atoms with Gasteiger partial charge in [-0.05, 0) is 25.1 Å². The Hall–Kier alpha value is -2.29. The van der Waals surface area contributed by atoms with Crippen LogP contribution in [-0.4, -0.2) is 79.9 Å². The first kappa shape index (κ1) is 19.7. The number of fused-ring (bicyclic) bond motifs is 2. The lowest BCUT2D eigenvalue weighted by Crippen LogP contribution is -2.40. The molecule has 0 unspecified atom stereocenters. The second-order valence-corrected chi connectivity index (χ2v) is 8.76. The van der Waals surface area contributed by atoms with E-state index in [1.807, 2.05) is 25.2 Å². The average Bonchev–Trinajstić information content (AvgIpc) is 3.17. The van der Waals surface area contributed by atoms with Gasteiger partial charge in [0.1, 0.15) is 5.82 Å². The Labute approximate surface area is 177 Å². The zero-order valence-electron chi connectivity index (χ0n) is 17.9. The molecule has 8 heteroatoms. The van der Waals surface area contributed by atoms with Crippen LogP contribution < -0.4 is 9.80 Å². The first-order chi connectivity index (χ1) is 14.6. The minimum absolute atomic E-state index is 0.0525. The molecule has 0 amide bonds. The Balaban J connectivity index is 1.33. The molecule has 30 heavy (non-hydrogen) atoms. The van der Waals surface area contributed by atoms with Gasteiger partial charge in [-0.2, -0.15) is 0 Å². The second kappa shape index (κ2) is 8.09. The summed E-state index contributed by atoms with van der Waals surface area (Å²) in [6, 6.07) is 6.35. The van der Waals surface area contributed by atoms with E-state index in [1.54, 1.807) is 0 Å². The fourth-order valence-corrected chi connectivity index (χ4v) is 4.76. The third kappa shape index (κ3) is 3.75. The fraction of sp³-hybridized carbons (Fsp3) is 0.591. The molecular weight excluding hydrogens is 380 g/mol. The summed E-state index contributed by atoms with van der Waals surface area (Å²) in [6.45, 7) is 7.50. The van der Waals surface area contributed by atoms with E-state index < -0.39 is 0 Å². The van der Waals surface area contributed by atoms with Crippen molar-refractivity contribution in [3.63, 3.8) is 0 Å². The molecule has 2 aromatic heterocycles. The zero-order chi connectivity index (χ0) is 20.6. The molecule has 0 N–H and O–H groups in total. The van der Waals surface area contributed by atoms with Crippen molar-refractivity contribution in [3.8, 4) is 0 Å². The van der Waals surface area contributed by atoms with Crippen LogP contribution in [0, 0.1) is 0 Å². The van der Waals surface area contributed by atoms with Gasteiger partial charge in [0, 0.05) is 52.0 Å². The summed E-state index contributed by atoms with van der Waals surface area (Å²) in [5.41, 5.74) is 3.36. The number of rotatable bonds is 4. The molecule has 2 saturated heterocycles. The minimum Gasteiger partial charge on any atom is -0.378 e. The van der Waals surface area contributed by atoms with Crippen LogP contribution in [0.25, 0.3) is 0 Å². The number of ether oxygens (including phenoxy) is 2. The van der Waals surface area contributed by atoms with E-state index in [0.717, 1.165) is 82.0 Å². The highest BCUT2D eigenvalue weighted by Gasteiger charge is 2.45. The topological polar surface area (TPSA) is 66.9 Å². The smallest absolute Gasteiger partial charge is 0.225 e. The third-order valence-electron chi connectivity index (χ3n) is 6.34. The van der Waals surface area contributed by atoms with Gasteiger partial charge in [-0.1, -0.05) is 6.07 Å². The van der Waals surface area contributed by atoms with Crippen LogP contribution in [0.2, 0.25) is 0 Å². The predicted molar refractivity (Wildman–Crippen MR) is 115 cm³/mol. The summed E-state index contributed by atoms with van der Waals surface area (Å²) in [6.07, 6.45) is 2.99. The van der Waals surface area contributed by atoms with Crippen molar-refractivity contribution in [2.45, 2.75) is 25.0 Å². The average molecular weight is 411 g/mol. The highest BCUT2D eigenvalue weighted by atomic mass is 16.5. The molecule has 5 heterocycles. The largest absolute Gasteiger partial charge is 0.378 e. The number of nitrogens with zero attached hydrogens (tertiary/aromatic N) is 6. The van der Waals surface area contributed by atoms with E-state index in [9.17, 15) is 0 Å². The molecule has 0 bridgehead atoms. The Bertz CT molecular complexity index is 901. The number of aromatic nitrogens is 3. The SMILES string of the molecule is CN(C)c1ncc2c(n1)[C@]1(CCN(Cc3cccc(N4CCOCC4)n3)C1)COC2. The summed E-state index contributed by atoms with van der Waals surface area (Å²) in [5.74, 6) is 1.83. The monoisotopic (exact) mass is 410 g/mol. The van der Waals surface area contributed by atoms with E-state index in [1.165, 1.54) is 5.69 Å². The lowest BCUT2D eigenvalue weighted by Gasteiger charge is -2.35. The molecule has 0 aromatic carbocycles. The Morgan fingerprint density at radius 1 is 1.10 bits per heavy atom. The molecule has 3 aliphatic rings. The molecule has 0 saturated carbocycles. The maximum absolute atomic E-state index is 5.98. The number of morpholine rings is 1. The molecule has 5 rings (SSSR count). The standard InChI is InChI=1S/C22H30N6O2/c1-26(2)21-23-12-17-14-30-16-22(20(17)25-21)6-7-27(15-22)13-18-4-3-5-19(24-18)28-8-10-29-11-9-28/h3-5,12H,6-11,13-16H2,1-2H3/t22-/m0/s1. The van der Waals surface area contributed by atoms with Crippen LogP contribution in [0.4, 0.5) is 11.8 Å². The molecular formula is C22H30N6O2. The van der Waals surface area contributed by atoms with E-state index >= 15 is 0 Å². The fourth-order valence-electron chi connectivity index (χ4n) is 4.76. The van der Waals surface area contributed by atoms with Crippen LogP contribution in [0.3, 0.4) is 0 Å². The molecule has 2 aromatic rings. The van der Waals surface area contributed by atoms with Gasteiger partial charge in [0.05, 0.1) is 43.2 Å². The van der Waals surface area contributed by atoms with Crippen LogP contribution in [0.5, 0.6) is 0 Å². The summed E-state index contributed by atoms with van der Waals surface area (Å²) >= 11 is 0. The van der Waals surface area contributed by atoms with Crippen LogP contribution in [0.1, 0.15) is 23.4 Å². The summed E-state index contributed by atoms with van der Waals surface area (Å²) in [5, 5.41) is 0. The predicted octanol–water partition coefficient (Wildman–Crippen LogP) is 1.45. The van der Waals surface area contributed by atoms with Gasteiger partial charge < -0.3 is 19.3 Å². The normalized spacial score (nSPS) is 24.3. The first-order valence-electron chi connectivity index (χ1n) is 10.8. The minimum atomic E-state index is -0.0525. The van der Waals surface area contributed by atoms with Crippen molar-refractivity contribution in [2.75, 3.05) is 69.9 Å². The molecule has 0 radical (unpaired) electrons. The van der Waals surface area contributed by atoms with Gasteiger partial charge in [-0.3, -0.25) is 4.90 Å².